The van der Waals surface area contributed by atoms with Crippen LogP contribution in [0.2, 0.25) is 36.3 Å². The molecule has 5 nitrogen and oxygen atoms in total. The van der Waals surface area contributed by atoms with Crippen LogP contribution in [-0.2, 0) is 23.1 Å². The molecule has 0 unspecified atom stereocenters. The number of rotatable bonds is 5. The van der Waals surface area contributed by atoms with Crippen LogP contribution in [0.25, 0.3) is 0 Å². The first-order valence-corrected chi connectivity index (χ1v) is 19.0. The summed E-state index contributed by atoms with van der Waals surface area (Å²) in [4.78, 5) is 0. The zero-order valence-electron chi connectivity index (χ0n) is 23.4. The fourth-order valence-corrected chi connectivity index (χ4v) is 7.12. The van der Waals surface area contributed by atoms with Gasteiger partial charge in [-0.3, -0.25) is 0 Å². The van der Waals surface area contributed by atoms with E-state index in [9.17, 15) is 0 Å². The maximum Gasteiger partial charge on any atom is 0.192 e. The van der Waals surface area contributed by atoms with E-state index in [0.717, 1.165) is 38.7 Å². The van der Waals surface area contributed by atoms with E-state index in [-0.39, 0.29) is 46.2 Å². The summed E-state index contributed by atoms with van der Waals surface area (Å²) in [6.07, 6.45) is 5.30. The minimum absolute atomic E-state index is 0.0119. The smallest absolute Gasteiger partial charge is 0.192 e. The maximum atomic E-state index is 7.02. The van der Waals surface area contributed by atoms with Gasteiger partial charge in [-0.2, -0.15) is 0 Å². The van der Waals surface area contributed by atoms with Gasteiger partial charge in [-0.05, 0) is 68.9 Å². The number of fused-ring (bicyclic) bond motifs is 2. The highest BCUT2D eigenvalue weighted by Gasteiger charge is 2.52. The minimum Gasteiger partial charge on any atom is -0.414 e. The van der Waals surface area contributed by atoms with Gasteiger partial charge < -0.3 is 23.1 Å². The Bertz CT molecular complexity index is 669. The molecule has 0 aromatic rings. The minimum atomic E-state index is -1.96. The highest BCUT2D eigenvalue weighted by atomic mass is 28.4. The van der Waals surface area contributed by atoms with Crippen molar-refractivity contribution in [2.24, 2.45) is 0 Å². The van der Waals surface area contributed by atoms with Gasteiger partial charge in [0, 0.05) is 13.0 Å². The molecule has 3 rings (SSSR count). The second-order valence-electron chi connectivity index (χ2n) is 13.9. The van der Waals surface area contributed by atoms with E-state index in [0.29, 0.717) is 6.61 Å². The van der Waals surface area contributed by atoms with E-state index in [1.165, 1.54) is 0 Å². The SMILES string of the molecule is CC(C)(C)[Si](C)(C)OC[C@H]1O[C@H]2C[C@H]3OCCC[C@@H]3O[C@]2(C)CC[C@@H]1O[Si](C)(C)C(C)(C)C. The lowest BCUT2D eigenvalue weighted by atomic mass is 9.83. The molecule has 194 valence electrons. The van der Waals surface area contributed by atoms with Crippen LogP contribution in [0.15, 0.2) is 0 Å². The van der Waals surface area contributed by atoms with Crippen molar-refractivity contribution in [1.82, 2.24) is 0 Å². The van der Waals surface area contributed by atoms with E-state index in [1.54, 1.807) is 0 Å². The molecule has 0 amide bonds. The molecule has 3 saturated heterocycles. The fourth-order valence-electron chi connectivity index (χ4n) is 4.73. The summed E-state index contributed by atoms with van der Waals surface area (Å²) < 4.78 is 33.5. The van der Waals surface area contributed by atoms with Gasteiger partial charge in [-0.1, -0.05) is 41.5 Å². The zero-order valence-corrected chi connectivity index (χ0v) is 25.4. The normalized spacial score (nSPS) is 36.6. The van der Waals surface area contributed by atoms with Gasteiger partial charge in [0.1, 0.15) is 6.10 Å². The third kappa shape index (κ3) is 6.15. The molecule has 0 N–H and O–H groups in total. The summed E-state index contributed by atoms with van der Waals surface area (Å²) in [5.74, 6) is 0. The van der Waals surface area contributed by atoms with Crippen LogP contribution in [0, 0.1) is 0 Å². The molecule has 6 atom stereocenters. The Kier molecular flexibility index (Phi) is 8.09. The molecule has 3 aliphatic heterocycles. The highest BCUT2D eigenvalue weighted by molar-refractivity contribution is 6.74. The van der Waals surface area contributed by atoms with Crippen molar-refractivity contribution < 1.29 is 23.1 Å². The van der Waals surface area contributed by atoms with Gasteiger partial charge in [0.2, 0.25) is 0 Å². The van der Waals surface area contributed by atoms with E-state index in [1.807, 2.05) is 0 Å². The Labute approximate surface area is 205 Å². The van der Waals surface area contributed by atoms with Gasteiger partial charge >= 0.3 is 0 Å². The van der Waals surface area contributed by atoms with Crippen LogP contribution in [-0.4, -0.2) is 66.0 Å². The molecule has 0 aliphatic carbocycles. The Morgan fingerprint density at radius 3 is 2.15 bits per heavy atom. The number of ether oxygens (including phenoxy) is 3. The molecule has 0 radical (unpaired) electrons. The molecule has 3 fully saturated rings. The molecular weight excluding hydrogens is 448 g/mol. The van der Waals surface area contributed by atoms with Crippen molar-refractivity contribution >= 4 is 16.6 Å². The molecule has 0 aromatic heterocycles. The average molecular weight is 501 g/mol. The Balaban J connectivity index is 1.84. The highest BCUT2D eigenvalue weighted by Crippen LogP contribution is 2.45. The summed E-state index contributed by atoms with van der Waals surface area (Å²) in [6.45, 7) is 26.8. The molecule has 0 bridgehead atoms. The van der Waals surface area contributed by atoms with Crippen LogP contribution in [0.1, 0.15) is 80.6 Å². The first kappa shape index (κ1) is 27.8. The van der Waals surface area contributed by atoms with Crippen LogP contribution in [0.5, 0.6) is 0 Å². The summed E-state index contributed by atoms with van der Waals surface area (Å²) in [6, 6.07) is 0. The van der Waals surface area contributed by atoms with E-state index in [2.05, 4.69) is 74.7 Å². The lowest BCUT2D eigenvalue weighted by Crippen LogP contribution is -2.57. The van der Waals surface area contributed by atoms with Crippen molar-refractivity contribution in [3.05, 3.63) is 0 Å². The van der Waals surface area contributed by atoms with Crippen molar-refractivity contribution in [2.45, 2.75) is 153 Å². The average Bonchev–Trinajstić information content (AvgIpc) is 2.79. The summed E-state index contributed by atoms with van der Waals surface area (Å²) in [7, 11) is -3.86. The second kappa shape index (κ2) is 9.60. The first-order valence-electron chi connectivity index (χ1n) is 13.2. The fraction of sp³-hybridized carbons (Fsp3) is 1.00. The summed E-state index contributed by atoms with van der Waals surface area (Å²) in [5.41, 5.74) is -0.289. The Morgan fingerprint density at radius 2 is 1.55 bits per heavy atom. The quantitative estimate of drug-likeness (QED) is 0.394. The van der Waals surface area contributed by atoms with Gasteiger partial charge in [0.25, 0.3) is 0 Å². The Morgan fingerprint density at radius 1 is 0.909 bits per heavy atom. The second-order valence-corrected chi connectivity index (χ2v) is 23.5. The molecule has 7 heteroatoms. The van der Waals surface area contributed by atoms with Crippen molar-refractivity contribution in [2.75, 3.05) is 13.2 Å². The maximum absolute atomic E-state index is 7.02. The van der Waals surface area contributed by atoms with Crippen LogP contribution in [0.3, 0.4) is 0 Å². The van der Waals surface area contributed by atoms with Crippen molar-refractivity contribution in [1.29, 1.82) is 0 Å². The third-order valence-corrected chi connectivity index (χ3v) is 18.3. The predicted octanol–water partition coefficient (Wildman–Crippen LogP) is 6.67. The summed E-state index contributed by atoms with van der Waals surface area (Å²) >= 11 is 0. The van der Waals surface area contributed by atoms with E-state index in [4.69, 9.17) is 23.1 Å². The molecule has 3 heterocycles. The van der Waals surface area contributed by atoms with E-state index < -0.39 is 16.6 Å². The predicted molar refractivity (Wildman–Crippen MR) is 140 cm³/mol. The van der Waals surface area contributed by atoms with Crippen LogP contribution < -0.4 is 0 Å². The lowest BCUT2D eigenvalue weighted by molar-refractivity contribution is -0.259. The van der Waals surface area contributed by atoms with Gasteiger partial charge in [-0.25, -0.2) is 0 Å². The molecule has 3 aliphatic rings. The Hall–Kier alpha value is 0.234. The van der Waals surface area contributed by atoms with Crippen molar-refractivity contribution in [3.8, 4) is 0 Å². The van der Waals surface area contributed by atoms with E-state index >= 15 is 0 Å². The molecule has 0 saturated carbocycles. The summed E-state index contributed by atoms with van der Waals surface area (Å²) in [5, 5.41) is 0.319. The monoisotopic (exact) mass is 500 g/mol. The largest absolute Gasteiger partial charge is 0.414 e. The van der Waals surface area contributed by atoms with Gasteiger partial charge in [0.05, 0.1) is 36.6 Å². The molecular formula is C26H52O5Si2. The third-order valence-electron chi connectivity index (χ3n) is 9.27. The van der Waals surface area contributed by atoms with Crippen molar-refractivity contribution in [3.63, 3.8) is 0 Å². The lowest BCUT2D eigenvalue weighted by Gasteiger charge is -2.49. The molecule has 33 heavy (non-hydrogen) atoms. The zero-order chi connectivity index (χ0) is 24.9. The van der Waals surface area contributed by atoms with Gasteiger partial charge in [0.15, 0.2) is 16.6 Å². The number of hydrogen-bond donors (Lipinski definition) is 0. The first-order chi connectivity index (χ1) is 15.0. The molecule has 0 aromatic carbocycles. The van der Waals surface area contributed by atoms with Crippen LogP contribution >= 0.6 is 0 Å². The van der Waals surface area contributed by atoms with Crippen LogP contribution in [0.4, 0.5) is 0 Å². The standard InChI is InChI=1S/C26H52O5Si2/c1-24(2,3)32(8,9)28-18-22-20(31-33(10,11)25(4,5)6)14-15-26(7)23(29-22)17-21-19(30-26)13-12-16-27-21/h19-23H,12-18H2,1-11H3/t19-,20-,21+,22+,23-,26+/m0/s1. The van der Waals surface area contributed by atoms with Gasteiger partial charge in [-0.15, -0.1) is 0 Å². The molecule has 0 spiro atoms. The topological polar surface area (TPSA) is 46.2 Å². The number of hydrogen-bond acceptors (Lipinski definition) is 5.